The lowest BCUT2D eigenvalue weighted by atomic mass is 10.1. The number of rotatable bonds is 10. The van der Waals surface area contributed by atoms with Crippen LogP contribution < -0.4 is 14.8 Å². The van der Waals surface area contributed by atoms with E-state index >= 15 is 0 Å². The summed E-state index contributed by atoms with van der Waals surface area (Å²) in [5.74, 6) is 0.363. The summed E-state index contributed by atoms with van der Waals surface area (Å²) in [6.45, 7) is 5.78. The molecule has 0 saturated carbocycles. The van der Waals surface area contributed by atoms with Crippen LogP contribution in [0.3, 0.4) is 0 Å². The van der Waals surface area contributed by atoms with Gasteiger partial charge in [0, 0.05) is 57.3 Å². The maximum Gasteiger partial charge on any atom is 0.573 e. The van der Waals surface area contributed by atoms with Gasteiger partial charge in [0.2, 0.25) is 11.8 Å². The van der Waals surface area contributed by atoms with Crippen LogP contribution in [0.4, 0.5) is 24.8 Å². The summed E-state index contributed by atoms with van der Waals surface area (Å²) in [7, 11) is 3.72. The second-order valence-corrected chi connectivity index (χ2v) is 9.59. The smallest absolute Gasteiger partial charge is 0.475 e. The van der Waals surface area contributed by atoms with Crippen molar-refractivity contribution in [2.75, 3.05) is 58.9 Å². The van der Waals surface area contributed by atoms with Crippen molar-refractivity contribution in [2.24, 2.45) is 0 Å². The minimum absolute atomic E-state index is 0.256. The Bertz CT molecular complexity index is 1400. The molecule has 0 radical (unpaired) electrons. The van der Waals surface area contributed by atoms with E-state index in [9.17, 15) is 13.2 Å². The van der Waals surface area contributed by atoms with E-state index in [1.165, 1.54) is 17.7 Å². The quantitative estimate of drug-likeness (QED) is 0.263. The summed E-state index contributed by atoms with van der Waals surface area (Å²) >= 11 is 0. The monoisotopic (exact) mass is 556 g/mol. The minimum atomic E-state index is -4.76. The Kier molecular flexibility index (Phi) is 8.38. The van der Waals surface area contributed by atoms with Crippen LogP contribution in [0.5, 0.6) is 11.6 Å². The molecule has 0 amide bonds. The summed E-state index contributed by atoms with van der Waals surface area (Å²) in [4.78, 5) is 17.1. The van der Waals surface area contributed by atoms with E-state index in [0.717, 1.165) is 38.4 Å². The highest BCUT2D eigenvalue weighted by atomic mass is 19.4. The van der Waals surface area contributed by atoms with E-state index in [-0.39, 0.29) is 12.4 Å². The average molecular weight is 557 g/mol. The summed E-state index contributed by atoms with van der Waals surface area (Å²) in [6.07, 6.45) is -3.04. The largest absolute Gasteiger partial charge is 0.573 e. The second kappa shape index (κ2) is 12.1. The first-order valence-corrected chi connectivity index (χ1v) is 12.9. The standard InChI is InChI=1S/C28H31F3N6O3/c1-36-11-13-37(14-12-36)18-19-3-7-21(8-4-19)33-27-34-25-24(26(35-27)39-16-15-38-2)23(17-32-25)20-5-9-22(10-6-20)40-28(29,30)31/h3-10,17H,11-16,18H2,1-2H3,(H2,32,33,34,35). The molecular formula is C28H31F3N6O3. The maximum absolute atomic E-state index is 12.6. The minimum Gasteiger partial charge on any atom is -0.475 e. The summed E-state index contributed by atoms with van der Waals surface area (Å²) in [5.41, 5.74) is 3.91. The number of piperazine rings is 1. The fraction of sp³-hybridized carbons (Fsp3) is 0.357. The fourth-order valence-corrected chi connectivity index (χ4v) is 4.53. The number of nitrogens with zero attached hydrogens (tertiary/aromatic N) is 4. The molecule has 0 spiro atoms. The Morgan fingerprint density at radius 1 is 0.950 bits per heavy atom. The first kappa shape index (κ1) is 27.7. The van der Waals surface area contributed by atoms with Gasteiger partial charge < -0.3 is 29.4 Å². The normalized spacial score (nSPS) is 14.9. The molecule has 212 valence electrons. The molecular weight excluding hydrogens is 525 g/mol. The number of aromatic amines is 1. The number of aromatic nitrogens is 3. The van der Waals surface area contributed by atoms with E-state index in [1.54, 1.807) is 25.4 Å². The molecule has 0 atom stereocenters. The van der Waals surface area contributed by atoms with Crippen molar-refractivity contribution in [2.45, 2.75) is 12.9 Å². The highest BCUT2D eigenvalue weighted by Crippen LogP contribution is 2.36. The molecule has 0 unspecified atom stereocenters. The zero-order chi connectivity index (χ0) is 28.1. The molecule has 3 heterocycles. The van der Waals surface area contributed by atoms with Crippen LogP contribution in [0.25, 0.3) is 22.2 Å². The molecule has 1 aliphatic heterocycles. The van der Waals surface area contributed by atoms with Crippen LogP contribution in [0, 0.1) is 0 Å². The lowest BCUT2D eigenvalue weighted by Crippen LogP contribution is -2.43. The third kappa shape index (κ3) is 7.00. The van der Waals surface area contributed by atoms with Crippen molar-refractivity contribution in [3.8, 4) is 22.8 Å². The van der Waals surface area contributed by atoms with Crippen LogP contribution >= 0.6 is 0 Å². The molecule has 2 aromatic carbocycles. The van der Waals surface area contributed by atoms with Crippen LogP contribution in [0.15, 0.2) is 54.7 Å². The number of anilines is 2. The first-order chi connectivity index (χ1) is 19.3. The van der Waals surface area contributed by atoms with E-state index < -0.39 is 6.36 Å². The molecule has 4 aromatic rings. The van der Waals surface area contributed by atoms with E-state index in [0.29, 0.717) is 40.6 Å². The van der Waals surface area contributed by atoms with Crippen molar-refractivity contribution in [1.29, 1.82) is 0 Å². The molecule has 1 aliphatic rings. The van der Waals surface area contributed by atoms with Gasteiger partial charge in [0.15, 0.2) is 0 Å². The number of fused-ring (bicyclic) bond motifs is 1. The molecule has 2 aromatic heterocycles. The van der Waals surface area contributed by atoms with E-state index in [1.807, 2.05) is 12.1 Å². The number of H-pyrrole nitrogens is 1. The third-order valence-corrected chi connectivity index (χ3v) is 6.64. The number of benzene rings is 2. The van der Waals surface area contributed by atoms with Crippen LogP contribution in [-0.4, -0.2) is 84.7 Å². The third-order valence-electron chi connectivity index (χ3n) is 6.64. The Hall–Kier alpha value is -3.87. The van der Waals surface area contributed by atoms with Gasteiger partial charge in [-0.3, -0.25) is 4.90 Å². The molecule has 12 heteroatoms. The number of hydrogen-bond acceptors (Lipinski definition) is 8. The van der Waals surface area contributed by atoms with Crippen molar-refractivity contribution in [3.63, 3.8) is 0 Å². The van der Waals surface area contributed by atoms with Gasteiger partial charge >= 0.3 is 6.36 Å². The number of likely N-dealkylation sites (N-methyl/N-ethyl adjacent to an activating group) is 1. The van der Waals surface area contributed by atoms with Gasteiger partial charge in [-0.1, -0.05) is 24.3 Å². The molecule has 40 heavy (non-hydrogen) atoms. The van der Waals surface area contributed by atoms with Crippen molar-refractivity contribution >= 4 is 22.7 Å². The number of ether oxygens (including phenoxy) is 3. The predicted molar refractivity (Wildman–Crippen MR) is 146 cm³/mol. The van der Waals surface area contributed by atoms with Gasteiger partial charge in [-0.15, -0.1) is 13.2 Å². The molecule has 5 rings (SSSR count). The van der Waals surface area contributed by atoms with Crippen LogP contribution in [0.2, 0.25) is 0 Å². The van der Waals surface area contributed by atoms with Crippen molar-refractivity contribution in [3.05, 3.63) is 60.3 Å². The van der Waals surface area contributed by atoms with Crippen LogP contribution in [0.1, 0.15) is 5.56 Å². The Morgan fingerprint density at radius 2 is 1.68 bits per heavy atom. The lowest BCUT2D eigenvalue weighted by Gasteiger charge is -2.32. The Balaban J connectivity index is 1.36. The van der Waals surface area contributed by atoms with Crippen LogP contribution in [-0.2, 0) is 11.3 Å². The number of hydrogen-bond donors (Lipinski definition) is 2. The molecule has 9 nitrogen and oxygen atoms in total. The van der Waals surface area contributed by atoms with Gasteiger partial charge in [0.05, 0.1) is 12.0 Å². The summed E-state index contributed by atoms with van der Waals surface area (Å²) in [6, 6.07) is 13.8. The number of nitrogens with one attached hydrogen (secondary N) is 2. The van der Waals surface area contributed by atoms with Crippen molar-refractivity contribution < 1.29 is 27.4 Å². The number of methoxy groups -OCH3 is 1. The van der Waals surface area contributed by atoms with Gasteiger partial charge in [0.25, 0.3) is 0 Å². The molecule has 1 saturated heterocycles. The Labute approximate surface area is 229 Å². The zero-order valence-corrected chi connectivity index (χ0v) is 22.3. The highest BCUT2D eigenvalue weighted by Gasteiger charge is 2.31. The van der Waals surface area contributed by atoms with Gasteiger partial charge in [0.1, 0.15) is 18.0 Å². The molecule has 0 aliphatic carbocycles. The predicted octanol–water partition coefficient (Wildman–Crippen LogP) is 5.04. The summed E-state index contributed by atoms with van der Waals surface area (Å²) < 4.78 is 52.7. The summed E-state index contributed by atoms with van der Waals surface area (Å²) in [5, 5.41) is 3.85. The van der Waals surface area contributed by atoms with E-state index in [4.69, 9.17) is 9.47 Å². The number of halogens is 3. The van der Waals surface area contributed by atoms with Gasteiger partial charge in [-0.25, -0.2) is 0 Å². The van der Waals surface area contributed by atoms with E-state index in [2.05, 4.69) is 54.0 Å². The fourth-order valence-electron chi connectivity index (χ4n) is 4.53. The first-order valence-electron chi connectivity index (χ1n) is 12.9. The molecule has 0 bridgehead atoms. The Morgan fingerprint density at radius 3 is 2.35 bits per heavy atom. The molecule has 2 N–H and O–H groups in total. The SMILES string of the molecule is COCCOc1nc(Nc2ccc(CN3CCN(C)CC3)cc2)nc2[nH]cc(-c3ccc(OC(F)(F)F)cc3)c12. The highest BCUT2D eigenvalue weighted by molar-refractivity contribution is 5.97. The zero-order valence-electron chi connectivity index (χ0n) is 22.3. The van der Waals surface area contributed by atoms with Gasteiger partial charge in [-0.2, -0.15) is 9.97 Å². The van der Waals surface area contributed by atoms with Gasteiger partial charge in [-0.05, 0) is 42.4 Å². The second-order valence-electron chi connectivity index (χ2n) is 9.59. The molecule has 1 fully saturated rings. The topological polar surface area (TPSA) is 87.8 Å². The maximum atomic E-state index is 12.6. The lowest BCUT2D eigenvalue weighted by molar-refractivity contribution is -0.274. The number of alkyl halides is 3. The average Bonchev–Trinajstić information content (AvgIpc) is 3.35. The van der Waals surface area contributed by atoms with Crippen molar-refractivity contribution in [1.82, 2.24) is 24.8 Å².